The van der Waals surface area contributed by atoms with Gasteiger partial charge in [0.15, 0.2) is 0 Å². The Balaban J connectivity index is 1.64. The summed E-state index contributed by atoms with van der Waals surface area (Å²) in [5.41, 5.74) is -0.619. The van der Waals surface area contributed by atoms with Crippen molar-refractivity contribution in [3.8, 4) is 0 Å². The molecule has 3 aliphatic rings. The van der Waals surface area contributed by atoms with Gasteiger partial charge in [-0.15, -0.1) is 0 Å². The molecule has 1 atom stereocenters. The molecule has 2 aliphatic heterocycles. The summed E-state index contributed by atoms with van der Waals surface area (Å²) in [7, 11) is -1.15. The summed E-state index contributed by atoms with van der Waals surface area (Å²) >= 11 is 0. The number of nitrogens with zero attached hydrogens (tertiary/aromatic N) is 2. The van der Waals surface area contributed by atoms with Crippen LogP contribution in [0.5, 0.6) is 0 Å². The van der Waals surface area contributed by atoms with Crippen LogP contribution in [-0.4, -0.2) is 38.9 Å². The number of amides is 1. The maximum Gasteiger partial charge on any atom is 0.253 e. The van der Waals surface area contributed by atoms with E-state index in [9.17, 15) is 9.00 Å². The van der Waals surface area contributed by atoms with Gasteiger partial charge in [-0.3, -0.25) is 9.79 Å². The Morgan fingerprint density at radius 3 is 2.46 bits per heavy atom. The molecule has 1 N–H and O–H groups in total. The van der Waals surface area contributed by atoms with Crippen molar-refractivity contribution in [1.29, 1.82) is 0 Å². The summed E-state index contributed by atoms with van der Waals surface area (Å²) in [6.45, 7) is 9.44. The molecule has 3 rings (SSSR count). The molecule has 134 valence electrons. The van der Waals surface area contributed by atoms with Crippen molar-refractivity contribution in [1.82, 2.24) is 9.62 Å². The molecule has 24 heavy (non-hydrogen) atoms. The lowest BCUT2D eigenvalue weighted by Crippen LogP contribution is -2.49. The smallest absolute Gasteiger partial charge is 0.253 e. The summed E-state index contributed by atoms with van der Waals surface area (Å²) in [5, 5.41) is 4.54. The van der Waals surface area contributed by atoms with E-state index >= 15 is 0 Å². The first kappa shape index (κ1) is 17.8. The van der Waals surface area contributed by atoms with Crippen LogP contribution < -0.4 is 5.32 Å². The lowest BCUT2D eigenvalue weighted by Gasteiger charge is -2.33. The normalized spacial score (nSPS) is 31.8. The number of hydrogen-bond donors (Lipinski definition) is 1. The van der Waals surface area contributed by atoms with Crippen molar-refractivity contribution >= 4 is 22.7 Å². The van der Waals surface area contributed by atoms with Crippen LogP contribution in [0.2, 0.25) is 0 Å². The van der Waals surface area contributed by atoms with Crippen LogP contribution in [0.25, 0.3) is 0 Å². The van der Waals surface area contributed by atoms with E-state index in [1.54, 1.807) is 0 Å². The van der Waals surface area contributed by atoms with E-state index in [1.165, 1.54) is 18.2 Å². The van der Waals surface area contributed by atoms with Crippen LogP contribution in [0.1, 0.15) is 52.4 Å². The molecule has 0 aromatic rings. The maximum atomic E-state index is 12.6. The lowest BCUT2D eigenvalue weighted by molar-refractivity contribution is -0.124. The number of aliphatic imine (C=N–C) groups is 1. The Hall–Kier alpha value is -1.01. The Morgan fingerprint density at radius 1 is 1.29 bits per heavy atom. The zero-order valence-electron chi connectivity index (χ0n) is 14.8. The average molecular weight is 352 g/mol. The maximum absolute atomic E-state index is 12.6. The number of carbonyl (C=O) groups excluding carboxylic acids is 1. The third kappa shape index (κ3) is 3.36. The van der Waals surface area contributed by atoms with Crippen LogP contribution in [0.15, 0.2) is 17.0 Å². The molecular weight excluding hydrogens is 322 g/mol. The number of rotatable bonds is 4. The second kappa shape index (κ2) is 7.08. The molecule has 0 bridgehead atoms. The molecule has 1 amide bonds. The minimum atomic E-state index is -1.15. The van der Waals surface area contributed by atoms with Crippen molar-refractivity contribution < 1.29 is 9.00 Å². The van der Waals surface area contributed by atoms with Gasteiger partial charge in [0.25, 0.3) is 5.91 Å². The summed E-state index contributed by atoms with van der Waals surface area (Å²) in [5.74, 6) is 2.93. The van der Waals surface area contributed by atoms with Crippen LogP contribution in [-0.2, 0) is 15.8 Å². The molecule has 1 saturated carbocycles. The third-order valence-electron chi connectivity index (χ3n) is 6.05. The topological polar surface area (TPSA) is 61.8 Å². The first-order valence-electron chi connectivity index (χ1n) is 9.14. The standard InChI is InChI=1S/C18H29N3O2S/c1-4-24(23)21-11-9-18(10-12-21)17(22)19-16(20-18)15-7-5-14(6-8-15)13(2)3/h4,13-15H,1,5-12H2,2-3H3,(H,19,20,22). The zero-order chi connectivity index (χ0) is 17.3. The number of carbonyl (C=O) groups is 1. The molecular formula is C18H29N3O2S. The summed E-state index contributed by atoms with van der Waals surface area (Å²) in [6, 6.07) is 0. The highest BCUT2D eigenvalue weighted by Crippen LogP contribution is 2.37. The van der Waals surface area contributed by atoms with E-state index in [2.05, 4.69) is 25.7 Å². The van der Waals surface area contributed by atoms with Gasteiger partial charge in [-0.25, -0.2) is 8.51 Å². The first-order valence-corrected chi connectivity index (χ1v) is 10.3. The predicted molar refractivity (Wildman–Crippen MR) is 97.7 cm³/mol. The van der Waals surface area contributed by atoms with Crippen molar-refractivity contribution in [2.24, 2.45) is 22.7 Å². The number of piperidine rings is 1. The van der Waals surface area contributed by atoms with E-state index in [1.807, 2.05) is 4.31 Å². The van der Waals surface area contributed by atoms with E-state index < -0.39 is 16.5 Å². The van der Waals surface area contributed by atoms with Gasteiger partial charge < -0.3 is 5.32 Å². The third-order valence-corrected chi connectivity index (χ3v) is 7.21. The lowest BCUT2D eigenvalue weighted by atomic mass is 9.76. The molecule has 2 heterocycles. The second-order valence-electron chi connectivity index (χ2n) is 7.71. The fraction of sp³-hybridized carbons (Fsp3) is 0.778. The van der Waals surface area contributed by atoms with Crippen molar-refractivity contribution in [2.45, 2.75) is 57.9 Å². The highest BCUT2D eigenvalue weighted by molar-refractivity contribution is 7.85. The quantitative estimate of drug-likeness (QED) is 0.846. The van der Waals surface area contributed by atoms with Crippen LogP contribution in [0.3, 0.4) is 0 Å². The van der Waals surface area contributed by atoms with E-state index in [4.69, 9.17) is 4.99 Å². The van der Waals surface area contributed by atoms with Gasteiger partial charge in [-0.1, -0.05) is 20.4 Å². The Bertz CT molecular complexity index is 557. The molecule has 1 aliphatic carbocycles. The molecule has 1 spiro atoms. The second-order valence-corrected chi connectivity index (χ2v) is 9.11. The van der Waals surface area contributed by atoms with E-state index in [0.29, 0.717) is 31.8 Å². The van der Waals surface area contributed by atoms with E-state index in [0.717, 1.165) is 30.5 Å². The van der Waals surface area contributed by atoms with Gasteiger partial charge in [0.05, 0.1) is 0 Å². The minimum absolute atomic E-state index is 0.0486. The molecule has 5 nitrogen and oxygen atoms in total. The Labute approximate surface area is 147 Å². The SMILES string of the molecule is C=CS(=O)N1CCC2(CC1)N=C(C1CCC(C(C)C)CC1)NC2=O. The van der Waals surface area contributed by atoms with Crippen LogP contribution in [0.4, 0.5) is 0 Å². The van der Waals surface area contributed by atoms with E-state index in [-0.39, 0.29) is 5.91 Å². The molecule has 0 aromatic carbocycles. The van der Waals surface area contributed by atoms with Gasteiger partial charge in [-0.05, 0) is 50.4 Å². The average Bonchev–Trinajstić information content (AvgIpc) is 2.91. The van der Waals surface area contributed by atoms with Gasteiger partial charge >= 0.3 is 0 Å². The molecule has 1 saturated heterocycles. The van der Waals surface area contributed by atoms with Crippen LogP contribution in [0, 0.1) is 17.8 Å². The highest BCUT2D eigenvalue weighted by Gasteiger charge is 2.47. The predicted octanol–water partition coefficient (Wildman–Crippen LogP) is 2.62. The molecule has 0 aromatic heterocycles. The van der Waals surface area contributed by atoms with Gasteiger partial charge in [0.2, 0.25) is 0 Å². The van der Waals surface area contributed by atoms with Gasteiger partial charge in [0.1, 0.15) is 22.4 Å². The monoisotopic (exact) mass is 351 g/mol. The molecule has 6 heteroatoms. The Kier molecular flexibility index (Phi) is 5.25. The summed E-state index contributed by atoms with van der Waals surface area (Å²) in [6.07, 6.45) is 6.01. The molecule has 1 unspecified atom stereocenters. The largest absolute Gasteiger partial charge is 0.312 e. The van der Waals surface area contributed by atoms with Gasteiger partial charge in [-0.2, -0.15) is 0 Å². The number of nitrogens with one attached hydrogen (secondary N) is 1. The highest BCUT2D eigenvalue weighted by atomic mass is 32.2. The fourth-order valence-electron chi connectivity index (χ4n) is 4.27. The molecule has 0 radical (unpaired) electrons. The van der Waals surface area contributed by atoms with Crippen molar-refractivity contribution in [3.63, 3.8) is 0 Å². The summed E-state index contributed by atoms with van der Waals surface area (Å²) < 4.78 is 13.7. The van der Waals surface area contributed by atoms with Crippen LogP contribution >= 0.6 is 0 Å². The zero-order valence-corrected chi connectivity index (χ0v) is 15.6. The first-order chi connectivity index (χ1) is 11.4. The Morgan fingerprint density at radius 2 is 1.92 bits per heavy atom. The van der Waals surface area contributed by atoms with Crippen molar-refractivity contribution in [3.05, 3.63) is 12.0 Å². The fourth-order valence-corrected chi connectivity index (χ4v) is 5.03. The van der Waals surface area contributed by atoms with Crippen molar-refractivity contribution in [2.75, 3.05) is 13.1 Å². The summed E-state index contributed by atoms with van der Waals surface area (Å²) in [4.78, 5) is 17.5. The number of amidine groups is 1. The molecule has 2 fully saturated rings. The van der Waals surface area contributed by atoms with Gasteiger partial charge in [0, 0.05) is 24.4 Å². The number of hydrogen-bond acceptors (Lipinski definition) is 3. The minimum Gasteiger partial charge on any atom is -0.312 e.